The topological polar surface area (TPSA) is 49.8 Å². The van der Waals surface area contributed by atoms with Gasteiger partial charge in [0.15, 0.2) is 0 Å². The van der Waals surface area contributed by atoms with Crippen molar-refractivity contribution in [1.82, 2.24) is 4.90 Å². The van der Waals surface area contributed by atoms with Gasteiger partial charge in [0, 0.05) is 12.6 Å². The zero-order valence-electron chi connectivity index (χ0n) is 11.0. The van der Waals surface area contributed by atoms with E-state index in [1.54, 1.807) is 0 Å². The molecule has 2 aliphatic carbocycles. The first-order valence-electron chi connectivity index (χ1n) is 7.20. The van der Waals surface area contributed by atoms with Gasteiger partial charge >= 0.3 is 5.97 Å². The number of carbonyl (C=O) groups excluding carboxylic acids is 1. The minimum Gasteiger partial charge on any atom is -0.468 e. The highest BCUT2D eigenvalue weighted by Gasteiger charge is 2.48. The highest BCUT2D eigenvalue weighted by molar-refractivity contribution is 5.76. The average molecular weight is 253 g/mol. The van der Waals surface area contributed by atoms with E-state index in [1.807, 2.05) is 0 Å². The van der Waals surface area contributed by atoms with E-state index in [2.05, 4.69) is 4.90 Å². The second kappa shape index (κ2) is 4.82. The SMILES string of the molecule is COC(=O)[C@H]1C[C@H]2CC[C@H](O)C[C@H]2N1CC1CC1. The smallest absolute Gasteiger partial charge is 0.323 e. The number of hydrogen-bond acceptors (Lipinski definition) is 4. The number of ether oxygens (including phenoxy) is 1. The van der Waals surface area contributed by atoms with Crippen LogP contribution in [0.15, 0.2) is 0 Å². The number of fused-ring (bicyclic) bond motifs is 1. The fourth-order valence-electron chi connectivity index (χ4n) is 3.75. The van der Waals surface area contributed by atoms with Gasteiger partial charge in [0.1, 0.15) is 6.04 Å². The number of hydrogen-bond donors (Lipinski definition) is 1. The Kier molecular flexibility index (Phi) is 3.32. The molecule has 0 aromatic rings. The quantitative estimate of drug-likeness (QED) is 0.767. The molecule has 3 rings (SSSR count). The number of esters is 1. The molecule has 0 spiro atoms. The summed E-state index contributed by atoms with van der Waals surface area (Å²) in [5, 5.41) is 9.86. The number of rotatable bonds is 3. The lowest BCUT2D eigenvalue weighted by Gasteiger charge is -2.35. The van der Waals surface area contributed by atoms with E-state index in [0.29, 0.717) is 12.0 Å². The van der Waals surface area contributed by atoms with Crippen LogP contribution in [-0.2, 0) is 9.53 Å². The van der Waals surface area contributed by atoms with Crippen LogP contribution < -0.4 is 0 Å². The Hall–Kier alpha value is -0.610. The first-order valence-corrected chi connectivity index (χ1v) is 7.20. The minimum absolute atomic E-state index is 0.0594. The molecule has 2 saturated carbocycles. The van der Waals surface area contributed by atoms with Gasteiger partial charge in [-0.15, -0.1) is 0 Å². The number of aliphatic hydroxyl groups excluding tert-OH is 1. The average Bonchev–Trinajstić information content (AvgIpc) is 3.11. The van der Waals surface area contributed by atoms with E-state index in [1.165, 1.54) is 20.0 Å². The van der Waals surface area contributed by atoms with Crippen molar-refractivity contribution in [3.8, 4) is 0 Å². The van der Waals surface area contributed by atoms with Gasteiger partial charge < -0.3 is 9.84 Å². The van der Waals surface area contributed by atoms with Gasteiger partial charge in [-0.25, -0.2) is 0 Å². The maximum absolute atomic E-state index is 11.9. The highest BCUT2D eigenvalue weighted by atomic mass is 16.5. The summed E-state index contributed by atoms with van der Waals surface area (Å²) in [5.41, 5.74) is 0. The molecule has 3 fully saturated rings. The molecule has 1 heterocycles. The number of methoxy groups -OCH3 is 1. The molecule has 1 N–H and O–H groups in total. The molecule has 18 heavy (non-hydrogen) atoms. The molecule has 0 aromatic heterocycles. The molecular weight excluding hydrogens is 230 g/mol. The first kappa shape index (κ1) is 12.4. The Morgan fingerprint density at radius 2 is 2.06 bits per heavy atom. The summed E-state index contributed by atoms with van der Waals surface area (Å²) in [6.45, 7) is 1.02. The van der Waals surface area contributed by atoms with Crippen molar-refractivity contribution in [2.75, 3.05) is 13.7 Å². The van der Waals surface area contributed by atoms with Crippen LogP contribution in [0.3, 0.4) is 0 Å². The van der Waals surface area contributed by atoms with Crippen molar-refractivity contribution < 1.29 is 14.6 Å². The van der Waals surface area contributed by atoms with Gasteiger partial charge in [0.25, 0.3) is 0 Å². The van der Waals surface area contributed by atoms with Gasteiger partial charge in [-0.1, -0.05) is 0 Å². The predicted molar refractivity (Wildman–Crippen MR) is 67.0 cm³/mol. The number of nitrogens with zero attached hydrogens (tertiary/aromatic N) is 1. The van der Waals surface area contributed by atoms with Crippen molar-refractivity contribution in [2.45, 2.75) is 56.7 Å². The van der Waals surface area contributed by atoms with Crippen LogP contribution in [0.1, 0.15) is 38.5 Å². The van der Waals surface area contributed by atoms with Crippen LogP contribution in [0.5, 0.6) is 0 Å². The lowest BCUT2D eigenvalue weighted by Crippen LogP contribution is -2.45. The monoisotopic (exact) mass is 253 g/mol. The number of carbonyl (C=O) groups is 1. The Morgan fingerprint density at radius 1 is 1.28 bits per heavy atom. The lowest BCUT2D eigenvalue weighted by atomic mass is 9.83. The second-order valence-electron chi connectivity index (χ2n) is 6.21. The summed E-state index contributed by atoms with van der Waals surface area (Å²) < 4.78 is 4.96. The number of aliphatic hydroxyl groups is 1. The van der Waals surface area contributed by atoms with Crippen LogP contribution in [-0.4, -0.2) is 47.8 Å². The fourth-order valence-corrected chi connectivity index (χ4v) is 3.75. The molecule has 4 heteroatoms. The molecule has 0 radical (unpaired) electrons. The molecule has 4 atom stereocenters. The lowest BCUT2D eigenvalue weighted by molar-refractivity contribution is -0.146. The first-order chi connectivity index (χ1) is 8.69. The Balaban J connectivity index is 1.75. The van der Waals surface area contributed by atoms with E-state index in [0.717, 1.165) is 38.1 Å². The summed E-state index contributed by atoms with van der Waals surface area (Å²) in [5.74, 6) is 1.27. The largest absolute Gasteiger partial charge is 0.468 e. The third kappa shape index (κ3) is 2.28. The van der Waals surface area contributed by atoms with Crippen LogP contribution in [0.4, 0.5) is 0 Å². The molecule has 3 aliphatic rings. The molecule has 1 aliphatic heterocycles. The molecule has 0 bridgehead atoms. The van der Waals surface area contributed by atoms with Crippen molar-refractivity contribution in [2.24, 2.45) is 11.8 Å². The molecular formula is C14H23NO3. The van der Waals surface area contributed by atoms with Gasteiger partial charge in [0.05, 0.1) is 13.2 Å². The maximum Gasteiger partial charge on any atom is 0.323 e. The molecule has 0 aromatic carbocycles. The van der Waals surface area contributed by atoms with Crippen LogP contribution in [0, 0.1) is 11.8 Å². The molecule has 4 nitrogen and oxygen atoms in total. The Morgan fingerprint density at radius 3 is 2.72 bits per heavy atom. The maximum atomic E-state index is 11.9. The van der Waals surface area contributed by atoms with Gasteiger partial charge in [-0.3, -0.25) is 9.69 Å². The minimum atomic E-state index is -0.177. The molecule has 1 saturated heterocycles. The molecule has 0 amide bonds. The van der Waals surface area contributed by atoms with E-state index < -0.39 is 0 Å². The molecule has 0 unspecified atom stereocenters. The normalized spacial score (nSPS) is 40.6. The second-order valence-corrected chi connectivity index (χ2v) is 6.21. The summed E-state index contributed by atoms with van der Waals surface area (Å²) >= 11 is 0. The van der Waals surface area contributed by atoms with Gasteiger partial charge in [-0.05, 0) is 50.4 Å². The number of likely N-dealkylation sites (tertiary alicyclic amines) is 1. The van der Waals surface area contributed by atoms with Crippen molar-refractivity contribution in [1.29, 1.82) is 0 Å². The van der Waals surface area contributed by atoms with Crippen LogP contribution in [0.25, 0.3) is 0 Å². The summed E-state index contributed by atoms with van der Waals surface area (Å²) in [4.78, 5) is 14.3. The standard InChI is InChI=1S/C14H23NO3/c1-18-14(17)13-6-10-4-5-11(16)7-12(10)15(13)8-9-2-3-9/h9-13,16H,2-8H2,1H3/t10-,11+,12-,13-/m1/s1. The van der Waals surface area contributed by atoms with E-state index in [4.69, 9.17) is 4.74 Å². The Labute approximate surface area is 108 Å². The zero-order valence-corrected chi connectivity index (χ0v) is 11.0. The highest BCUT2D eigenvalue weighted by Crippen LogP contribution is 2.42. The molecule has 102 valence electrons. The van der Waals surface area contributed by atoms with Crippen LogP contribution >= 0.6 is 0 Å². The zero-order chi connectivity index (χ0) is 12.7. The third-order valence-electron chi connectivity index (χ3n) is 4.92. The van der Waals surface area contributed by atoms with Crippen molar-refractivity contribution in [3.63, 3.8) is 0 Å². The summed E-state index contributed by atoms with van der Waals surface area (Å²) in [6, 6.07) is 0.342. The van der Waals surface area contributed by atoms with E-state index >= 15 is 0 Å². The summed E-state index contributed by atoms with van der Waals surface area (Å²) in [6.07, 6.45) is 6.13. The third-order valence-corrected chi connectivity index (χ3v) is 4.92. The van der Waals surface area contributed by atoms with E-state index in [-0.39, 0.29) is 18.1 Å². The van der Waals surface area contributed by atoms with Gasteiger partial charge in [0.2, 0.25) is 0 Å². The van der Waals surface area contributed by atoms with Crippen molar-refractivity contribution in [3.05, 3.63) is 0 Å². The van der Waals surface area contributed by atoms with Crippen LogP contribution in [0.2, 0.25) is 0 Å². The fraction of sp³-hybridized carbons (Fsp3) is 0.929. The van der Waals surface area contributed by atoms with Crippen molar-refractivity contribution >= 4 is 5.97 Å². The Bertz CT molecular complexity index is 329. The predicted octanol–water partition coefficient (Wildman–Crippen LogP) is 1.17. The van der Waals surface area contributed by atoms with E-state index in [9.17, 15) is 9.90 Å². The summed E-state index contributed by atoms with van der Waals surface area (Å²) in [7, 11) is 1.48. The van der Waals surface area contributed by atoms with Gasteiger partial charge in [-0.2, -0.15) is 0 Å².